The van der Waals surface area contributed by atoms with E-state index >= 15 is 0 Å². The highest BCUT2D eigenvalue weighted by Gasteiger charge is 2.23. The molecule has 0 radical (unpaired) electrons. The average molecular weight is 442 g/mol. The summed E-state index contributed by atoms with van der Waals surface area (Å²) in [6.45, 7) is 6.22. The number of carbonyl (C=O) groups is 1. The first kappa shape index (κ1) is 19.0. The highest BCUT2D eigenvalue weighted by atomic mass is 127. The van der Waals surface area contributed by atoms with E-state index in [-0.39, 0.29) is 29.9 Å². The maximum Gasteiger partial charge on any atom is 0.254 e. The molecule has 0 spiro atoms. The normalized spacial score (nSPS) is 21.3. The maximum atomic E-state index is 12.5. The van der Waals surface area contributed by atoms with Crippen molar-refractivity contribution >= 4 is 35.8 Å². The number of hydrogen-bond donors (Lipinski definition) is 1. The number of carbonyl (C=O) groups excluding carboxylic acids is 1. The standard InChI is InChI=1S/C18H26N4O.HI/c1-14-5-4-10-22(13-14)18(19)20-9-12-21-11-8-15-6-2-3-7-16(15)17(21)23;/h2-3,6-7,14H,4-5,8-13H2,1H3,(H2,19,20);1H. The molecular weight excluding hydrogens is 415 g/mol. The topological polar surface area (TPSA) is 61.9 Å². The van der Waals surface area contributed by atoms with Crippen LogP contribution < -0.4 is 5.73 Å². The van der Waals surface area contributed by atoms with Gasteiger partial charge in [-0.15, -0.1) is 24.0 Å². The van der Waals surface area contributed by atoms with Gasteiger partial charge in [0, 0.05) is 31.7 Å². The Morgan fingerprint density at radius 3 is 2.92 bits per heavy atom. The number of benzene rings is 1. The lowest BCUT2D eigenvalue weighted by Gasteiger charge is -2.32. The number of likely N-dealkylation sites (tertiary alicyclic amines) is 1. The van der Waals surface area contributed by atoms with Crippen molar-refractivity contribution in [2.24, 2.45) is 16.6 Å². The van der Waals surface area contributed by atoms with Crippen LogP contribution in [-0.2, 0) is 6.42 Å². The molecule has 0 aliphatic carbocycles. The van der Waals surface area contributed by atoms with Crippen LogP contribution in [0.5, 0.6) is 0 Å². The molecule has 1 unspecified atom stereocenters. The van der Waals surface area contributed by atoms with Crippen molar-refractivity contribution in [3.05, 3.63) is 35.4 Å². The van der Waals surface area contributed by atoms with E-state index in [0.29, 0.717) is 25.0 Å². The van der Waals surface area contributed by atoms with Crippen molar-refractivity contribution in [3.8, 4) is 0 Å². The highest BCUT2D eigenvalue weighted by molar-refractivity contribution is 14.0. The fourth-order valence-electron chi connectivity index (χ4n) is 3.47. The van der Waals surface area contributed by atoms with Gasteiger partial charge in [-0.3, -0.25) is 9.79 Å². The molecule has 1 fully saturated rings. The predicted octanol–water partition coefficient (Wildman–Crippen LogP) is 2.35. The third-order valence-electron chi connectivity index (χ3n) is 4.81. The second-order valence-corrected chi connectivity index (χ2v) is 6.63. The molecule has 6 heteroatoms. The van der Waals surface area contributed by atoms with Crippen molar-refractivity contribution in [2.45, 2.75) is 26.2 Å². The summed E-state index contributed by atoms with van der Waals surface area (Å²) in [6, 6.07) is 7.87. The quantitative estimate of drug-likeness (QED) is 0.444. The van der Waals surface area contributed by atoms with Crippen molar-refractivity contribution < 1.29 is 4.79 Å². The largest absolute Gasteiger partial charge is 0.370 e. The number of halogens is 1. The Labute approximate surface area is 161 Å². The molecule has 2 aliphatic rings. The van der Waals surface area contributed by atoms with Gasteiger partial charge in [0.2, 0.25) is 0 Å². The number of fused-ring (bicyclic) bond motifs is 1. The molecule has 24 heavy (non-hydrogen) atoms. The summed E-state index contributed by atoms with van der Waals surface area (Å²) < 4.78 is 0. The molecule has 3 rings (SSSR count). The summed E-state index contributed by atoms with van der Waals surface area (Å²) in [4.78, 5) is 21.0. The van der Waals surface area contributed by atoms with Gasteiger partial charge in [0.1, 0.15) is 0 Å². The lowest BCUT2D eigenvalue weighted by atomic mass is 9.99. The second kappa shape index (κ2) is 8.69. The summed E-state index contributed by atoms with van der Waals surface area (Å²) >= 11 is 0. The summed E-state index contributed by atoms with van der Waals surface area (Å²) in [5.74, 6) is 1.42. The van der Waals surface area contributed by atoms with Crippen LogP contribution in [0.2, 0.25) is 0 Å². The SMILES string of the molecule is CC1CCCN(C(N)=NCCN2CCc3ccccc3C2=O)C1.I. The molecule has 1 saturated heterocycles. The highest BCUT2D eigenvalue weighted by Crippen LogP contribution is 2.18. The molecular formula is C18H27IN4O. The van der Waals surface area contributed by atoms with E-state index in [1.54, 1.807) is 0 Å². The smallest absolute Gasteiger partial charge is 0.254 e. The zero-order valence-electron chi connectivity index (χ0n) is 14.3. The predicted molar refractivity (Wildman–Crippen MR) is 108 cm³/mol. The fraction of sp³-hybridized carbons (Fsp3) is 0.556. The number of rotatable bonds is 3. The minimum atomic E-state index is 0. The Balaban J connectivity index is 0.00000208. The Hall–Kier alpha value is -1.31. The van der Waals surface area contributed by atoms with Gasteiger partial charge in [-0.25, -0.2) is 0 Å². The van der Waals surface area contributed by atoms with Crippen LogP contribution in [0.25, 0.3) is 0 Å². The summed E-state index contributed by atoms with van der Waals surface area (Å²) in [6.07, 6.45) is 3.37. The van der Waals surface area contributed by atoms with Crippen molar-refractivity contribution in [3.63, 3.8) is 0 Å². The molecule has 132 valence electrons. The summed E-state index contributed by atoms with van der Waals surface area (Å²) in [7, 11) is 0. The first-order chi connectivity index (χ1) is 11.1. The summed E-state index contributed by atoms with van der Waals surface area (Å²) in [5.41, 5.74) is 8.10. The lowest BCUT2D eigenvalue weighted by Crippen LogP contribution is -2.44. The maximum absolute atomic E-state index is 12.5. The first-order valence-corrected chi connectivity index (χ1v) is 8.57. The molecule has 0 saturated carbocycles. The van der Waals surface area contributed by atoms with Crippen molar-refractivity contribution in [1.82, 2.24) is 9.80 Å². The van der Waals surface area contributed by atoms with Gasteiger partial charge in [-0.1, -0.05) is 25.1 Å². The van der Waals surface area contributed by atoms with E-state index in [4.69, 9.17) is 5.73 Å². The van der Waals surface area contributed by atoms with Gasteiger partial charge < -0.3 is 15.5 Å². The number of aliphatic imine (C=N–C) groups is 1. The molecule has 1 aromatic rings. The van der Waals surface area contributed by atoms with Gasteiger partial charge in [0.05, 0.1) is 6.54 Å². The second-order valence-electron chi connectivity index (χ2n) is 6.63. The molecule has 0 aromatic heterocycles. The Kier molecular flexibility index (Phi) is 6.89. The van der Waals surface area contributed by atoms with E-state index in [2.05, 4.69) is 16.8 Å². The Morgan fingerprint density at radius 1 is 1.33 bits per heavy atom. The molecule has 0 bridgehead atoms. The van der Waals surface area contributed by atoms with E-state index in [0.717, 1.165) is 37.2 Å². The zero-order valence-corrected chi connectivity index (χ0v) is 16.6. The van der Waals surface area contributed by atoms with Crippen molar-refractivity contribution in [1.29, 1.82) is 0 Å². The van der Waals surface area contributed by atoms with E-state index in [1.165, 1.54) is 12.8 Å². The van der Waals surface area contributed by atoms with Crippen LogP contribution in [0, 0.1) is 5.92 Å². The van der Waals surface area contributed by atoms with Gasteiger partial charge in [0.25, 0.3) is 5.91 Å². The van der Waals surface area contributed by atoms with Crippen LogP contribution in [0.15, 0.2) is 29.3 Å². The monoisotopic (exact) mass is 442 g/mol. The minimum Gasteiger partial charge on any atom is -0.370 e. The molecule has 5 nitrogen and oxygen atoms in total. The van der Waals surface area contributed by atoms with Gasteiger partial charge in [-0.2, -0.15) is 0 Å². The van der Waals surface area contributed by atoms with Crippen LogP contribution in [0.3, 0.4) is 0 Å². The minimum absolute atomic E-state index is 0. The molecule has 2 aliphatic heterocycles. The first-order valence-electron chi connectivity index (χ1n) is 8.57. The van der Waals surface area contributed by atoms with Crippen LogP contribution in [0.4, 0.5) is 0 Å². The van der Waals surface area contributed by atoms with Crippen molar-refractivity contribution in [2.75, 3.05) is 32.7 Å². The van der Waals surface area contributed by atoms with E-state index in [9.17, 15) is 4.79 Å². The third-order valence-corrected chi connectivity index (χ3v) is 4.81. The molecule has 1 amide bonds. The number of hydrogen-bond acceptors (Lipinski definition) is 2. The zero-order chi connectivity index (χ0) is 16.2. The van der Waals surface area contributed by atoms with Gasteiger partial charge >= 0.3 is 0 Å². The van der Waals surface area contributed by atoms with E-state index in [1.807, 2.05) is 29.2 Å². The molecule has 1 atom stereocenters. The average Bonchev–Trinajstić information content (AvgIpc) is 2.57. The van der Waals surface area contributed by atoms with Crippen LogP contribution in [0.1, 0.15) is 35.7 Å². The third kappa shape index (κ3) is 4.40. The molecule has 2 N–H and O–H groups in total. The number of amides is 1. The molecule has 1 aromatic carbocycles. The van der Waals surface area contributed by atoms with Gasteiger partial charge in [-0.05, 0) is 36.8 Å². The lowest BCUT2D eigenvalue weighted by molar-refractivity contribution is 0.0745. The van der Waals surface area contributed by atoms with Crippen LogP contribution >= 0.6 is 24.0 Å². The molecule has 2 heterocycles. The number of nitrogens with zero attached hydrogens (tertiary/aromatic N) is 3. The van der Waals surface area contributed by atoms with E-state index < -0.39 is 0 Å². The Bertz CT molecular complexity index is 604. The van der Waals surface area contributed by atoms with Crippen LogP contribution in [-0.4, -0.2) is 54.4 Å². The number of nitrogens with two attached hydrogens (primary N) is 1. The fourth-order valence-corrected chi connectivity index (χ4v) is 3.47. The Morgan fingerprint density at radius 2 is 2.12 bits per heavy atom. The number of piperidine rings is 1. The summed E-state index contributed by atoms with van der Waals surface area (Å²) in [5, 5.41) is 0. The van der Waals surface area contributed by atoms with Gasteiger partial charge in [0.15, 0.2) is 5.96 Å². The number of guanidine groups is 1.